The second-order valence-corrected chi connectivity index (χ2v) is 6.34. The Hall–Kier alpha value is -2.25. The first-order chi connectivity index (χ1) is 11.7. The highest BCUT2D eigenvalue weighted by atomic mass is 19.4. The lowest BCUT2D eigenvalue weighted by Gasteiger charge is -2.38. The summed E-state index contributed by atoms with van der Waals surface area (Å²) < 4.78 is 43.8. The predicted octanol–water partition coefficient (Wildman–Crippen LogP) is 3.74. The van der Waals surface area contributed by atoms with Gasteiger partial charge in [0, 0.05) is 6.54 Å². The number of amides is 1. The number of carboxylic acid groups (broad SMARTS) is 1. The van der Waals surface area contributed by atoms with Crippen LogP contribution in [0.2, 0.25) is 0 Å². The van der Waals surface area contributed by atoms with Crippen LogP contribution >= 0.6 is 0 Å². The third kappa shape index (κ3) is 5.11. The van der Waals surface area contributed by atoms with E-state index in [-0.39, 0.29) is 32.4 Å². The van der Waals surface area contributed by atoms with Gasteiger partial charge in [-0.15, -0.1) is 0 Å². The van der Waals surface area contributed by atoms with Crippen LogP contribution in [0.4, 0.5) is 18.0 Å². The average Bonchev–Trinajstić information content (AvgIpc) is 2.58. The summed E-state index contributed by atoms with van der Waals surface area (Å²) in [5, 5.41) is 11.7. The minimum atomic E-state index is -4.44. The molecule has 0 heterocycles. The van der Waals surface area contributed by atoms with Crippen molar-refractivity contribution in [2.45, 2.75) is 38.5 Å². The normalized spacial score (nSPS) is 23.7. The molecule has 1 fully saturated rings. The van der Waals surface area contributed by atoms with E-state index in [1.54, 1.807) is 30.3 Å². The Morgan fingerprint density at radius 1 is 1.28 bits per heavy atom. The van der Waals surface area contributed by atoms with Gasteiger partial charge in [-0.1, -0.05) is 36.8 Å². The molecule has 25 heavy (non-hydrogen) atoms. The van der Waals surface area contributed by atoms with Crippen molar-refractivity contribution in [3.05, 3.63) is 35.9 Å². The van der Waals surface area contributed by atoms with Gasteiger partial charge < -0.3 is 15.2 Å². The number of ether oxygens (including phenoxy) is 1. The largest absolute Gasteiger partial charge is 0.481 e. The highest BCUT2D eigenvalue weighted by Crippen LogP contribution is 2.46. The smallest absolute Gasteiger partial charge is 0.407 e. The third-order valence-electron chi connectivity index (χ3n) is 4.55. The van der Waals surface area contributed by atoms with Gasteiger partial charge in [0.25, 0.3) is 0 Å². The molecular formula is C17H20F3NO4. The Labute approximate surface area is 143 Å². The minimum Gasteiger partial charge on any atom is -0.481 e. The number of halogens is 3. The van der Waals surface area contributed by atoms with Gasteiger partial charge in [-0.3, -0.25) is 4.79 Å². The van der Waals surface area contributed by atoms with Crippen molar-refractivity contribution in [1.29, 1.82) is 0 Å². The number of rotatable bonds is 5. The average molecular weight is 359 g/mol. The molecule has 2 N–H and O–H groups in total. The van der Waals surface area contributed by atoms with Crippen molar-refractivity contribution in [2.24, 2.45) is 11.3 Å². The molecule has 2 unspecified atom stereocenters. The van der Waals surface area contributed by atoms with Crippen molar-refractivity contribution in [3.63, 3.8) is 0 Å². The molecule has 0 saturated heterocycles. The van der Waals surface area contributed by atoms with Crippen molar-refractivity contribution in [3.8, 4) is 0 Å². The number of carbonyl (C=O) groups excluding carboxylic acids is 1. The van der Waals surface area contributed by atoms with E-state index in [2.05, 4.69) is 5.32 Å². The van der Waals surface area contributed by atoms with Crippen LogP contribution in [0.1, 0.15) is 31.2 Å². The summed E-state index contributed by atoms with van der Waals surface area (Å²) >= 11 is 0. The molecule has 1 aromatic carbocycles. The Bertz CT molecular complexity index is 606. The maximum Gasteiger partial charge on any atom is 0.407 e. The van der Waals surface area contributed by atoms with Crippen molar-refractivity contribution in [2.75, 3.05) is 6.54 Å². The van der Waals surface area contributed by atoms with Crippen LogP contribution in [0, 0.1) is 11.3 Å². The molecule has 8 heteroatoms. The molecule has 1 saturated carbocycles. The van der Waals surface area contributed by atoms with E-state index >= 15 is 0 Å². The van der Waals surface area contributed by atoms with Gasteiger partial charge in [0.05, 0.1) is 11.3 Å². The van der Waals surface area contributed by atoms with Gasteiger partial charge in [-0.25, -0.2) is 4.79 Å². The van der Waals surface area contributed by atoms with Gasteiger partial charge in [-0.05, 0) is 24.8 Å². The summed E-state index contributed by atoms with van der Waals surface area (Å²) in [7, 11) is 0. The SMILES string of the molecule is O=C(NCC1(C(=O)O)CCCC(C(F)(F)F)C1)OCc1ccccc1. The number of carboxylic acids is 1. The zero-order valence-corrected chi connectivity index (χ0v) is 13.5. The lowest BCUT2D eigenvalue weighted by atomic mass is 9.69. The van der Waals surface area contributed by atoms with Crippen molar-refractivity contribution in [1.82, 2.24) is 5.32 Å². The van der Waals surface area contributed by atoms with E-state index in [1.165, 1.54) is 0 Å². The molecule has 2 atom stereocenters. The number of hydrogen-bond donors (Lipinski definition) is 2. The fraction of sp³-hybridized carbons (Fsp3) is 0.529. The second kappa shape index (κ2) is 7.76. The summed E-state index contributed by atoms with van der Waals surface area (Å²) in [6.07, 6.45) is -5.67. The molecule has 0 aromatic heterocycles. The summed E-state index contributed by atoms with van der Waals surface area (Å²) in [6, 6.07) is 8.85. The fourth-order valence-corrected chi connectivity index (χ4v) is 3.09. The van der Waals surface area contributed by atoms with Crippen molar-refractivity contribution >= 4 is 12.1 Å². The molecule has 0 spiro atoms. The Kier molecular flexibility index (Phi) is 5.92. The summed E-state index contributed by atoms with van der Waals surface area (Å²) in [5.74, 6) is -3.00. The monoisotopic (exact) mass is 359 g/mol. The maximum atomic E-state index is 13.0. The van der Waals surface area contributed by atoms with Gasteiger partial charge >= 0.3 is 18.2 Å². The predicted molar refractivity (Wildman–Crippen MR) is 82.7 cm³/mol. The molecule has 0 radical (unpaired) electrons. The number of hydrogen-bond acceptors (Lipinski definition) is 3. The van der Waals surface area contributed by atoms with Crippen LogP contribution in [-0.4, -0.2) is 29.9 Å². The first-order valence-corrected chi connectivity index (χ1v) is 7.98. The van der Waals surface area contributed by atoms with Crippen LogP contribution in [0.25, 0.3) is 0 Å². The summed E-state index contributed by atoms with van der Waals surface area (Å²) in [4.78, 5) is 23.3. The van der Waals surface area contributed by atoms with E-state index in [0.29, 0.717) is 0 Å². The zero-order valence-electron chi connectivity index (χ0n) is 13.5. The van der Waals surface area contributed by atoms with Crippen molar-refractivity contribution < 1.29 is 32.6 Å². The molecular weight excluding hydrogens is 339 g/mol. The summed E-state index contributed by atoms with van der Waals surface area (Å²) in [5.41, 5.74) is -0.870. The molecule has 0 aliphatic heterocycles. The molecule has 1 aliphatic rings. The van der Waals surface area contributed by atoms with Gasteiger partial charge in [-0.2, -0.15) is 13.2 Å². The second-order valence-electron chi connectivity index (χ2n) is 6.34. The standard InChI is InChI=1S/C17H20F3NO4/c18-17(19,20)13-7-4-8-16(9-13,14(22)23)11-21-15(24)25-10-12-5-2-1-3-6-12/h1-3,5-6,13H,4,7-11H2,(H,21,24)(H,22,23). The maximum absolute atomic E-state index is 13.0. The number of alkyl halides is 3. The Balaban J connectivity index is 1.92. The van der Waals surface area contributed by atoms with Crippen LogP contribution < -0.4 is 5.32 Å². The van der Waals surface area contributed by atoms with E-state index in [9.17, 15) is 27.9 Å². The molecule has 0 bridgehead atoms. The molecule has 138 valence electrons. The molecule has 1 aliphatic carbocycles. The molecule has 1 amide bonds. The third-order valence-corrected chi connectivity index (χ3v) is 4.55. The van der Waals surface area contributed by atoms with E-state index in [0.717, 1.165) is 5.56 Å². The molecule has 1 aromatic rings. The van der Waals surface area contributed by atoms with Crippen LogP contribution in [0.5, 0.6) is 0 Å². The van der Waals surface area contributed by atoms with Gasteiger partial charge in [0.2, 0.25) is 0 Å². The lowest BCUT2D eigenvalue weighted by molar-refractivity contribution is -0.196. The molecule has 5 nitrogen and oxygen atoms in total. The van der Waals surface area contributed by atoms with Gasteiger partial charge in [0.15, 0.2) is 0 Å². The van der Waals surface area contributed by atoms with E-state index < -0.39 is 36.0 Å². The minimum absolute atomic E-state index is 0.00206. The summed E-state index contributed by atoms with van der Waals surface area (Å²) in [6.45, 7) is -0.388. The highest BCUT2D eigenvalue weighted by Gasteiger charge is 2.51. The van der Waals surface area contributed by atoms with Crippen LogP contribution in [-0.2, 0) is 16.1 Å². The Morgan fingerprint density at radius 3 is 2.56 bits per heavy atom. The first-order valence-electron chi connectivity index (χ1n) is 7.98. The fourth-order valence-electron chi connectivity index (χ4n) is 3.09. The van der Waals surface area contributed by atoms with E-state index in [4.69, 9.17) is 4.74 Å². The number of aliphatic carboxylic acids is 1. The number of benzene rings is 1. The van der Waals surface area contributed by atoms with Crippen LogP contribution in [0.3, 0.4) is 0 Å². The number of alkyl carbamates (subject to hydrolysis) is 1. The topological polar surface area (TPSA) is 75.6 Å². The lowest BCUT2D eigenvalue weighted by Crippen LogP contribution is -2.48. The number of carbonyl (C=O) groups is 2. The zero-order chi connectivity index (χ0) is 18.5. The first kappa shape index (κ1) is 19.1. The molecule has 2 rings (SSSR count). The highest BCUT2D eigenvalue weighted by molar-refractivity contribution is 5.76. The number of nitrogens with one attached hydrogen (secondary N) is 1. The van der Waals surface area contributed by atoms with Gasteiger partial charge in [0.1, 0.15) is 6.61 Å². The quantitative estimate of drug-likeness (QED) is 0.840. The Morgan fingerprint density at radius 2 is 1.96 bits per heavy atom. The van der Waals surface area contributed by atoms with E-state index in [1.807, 2.05) is 0 Å². The van der Waals surface area contributed by atoms with Crippen LogP contribution in [0.15, 0.2) is 30.3 Å².